The predicted octanol–water partition coefficient (Wildman–Crippen LogP) is 3.37. The normalized spacial score (nSPS) is 16.3. The van der Waals surface area contributed by atoms with E-state index in [1.54, 1.807) is 36.2 Å². The molecule has 5 heteroatoms. The van der Waals surface area contributed by atoms with Crippen LogP contribution >= 0.6 is 0 Å². The summed E-state index contributed by atoms with van der Waals surface area (Å²) in [7, 11) is 1.68. The van der Waals surface area contributed by atoms with Gasteiger partial charge in [-0.2, -0.15) is 0 Å². The molecule has 2 heterocycles. The van der Waals surface area contributed by atoms with Gasteiger partial charge in [0.2, 0.25) is 5.76 Å². The molecule has 25 heavy (non-hydrogen) atoms. The van der Waals surface area contributed by atoms with Gasteiger partial charge in [0.15, 0.2) is 5.43 Å². The summed E-state index contributed by atoms with van der Waals surface area (Å²) in [5.41, 5.74) is 1.47. The van der Waals surface area contributed by atoms with Crippen LogP contribution in [-0.4, -0.2) is 24.5 Å². The molecular formula is C20H17NO4. The number of nitrogens with zero attached hydrogens (tertiary/aromatic N) is 1. The molecule has 0 spiro atoms. The van der Waals surface area contributed by atoms with Crippen LogP contribution in [0.25, 0.3) is 11.0 Å². The molecule has 0 radical (unpaired) electrons. The average Bonchev–Trinajstić information content (AvgIpc) is 2.88. The van der Waals surface area contributed by atoms with E-state index in [1.165, 1.54) is 0 Å². The Hall–Kier alpha value is -3.08. The van der Waals surface area contributed by atoms with Crippen molar-refractivity contribution in [2.24, 2.45) is 0 Å². The summed E-state index contributed by atoms with van der Waals surface area (Å²) in [5, 5.41) is 0.482. The molecule has 0 bridgehead atoms. The van der Waals surface area contributed by atoms with Crippen LogP contribution in [0, 0.1) is 0 Å². The minimum atomic E-state index is -0.483. The van der Waals surface area contributed by atoms with Crippen molar-refractivity contribution in [1.29, 1.82) is 0 Å². The van der Waals surface area contributed by atoms with Gasteiger partial charge in [-0.3, -0.25) is 9.59 Å². The van der Waals surface area contributed by atoms with Crippen molar-refractivity contribution in [3.8, 4) is 5.75 Å². The van der Waals surface area contributed by atoms with Gasteiger partial charge in [0.25, 0.3) is 5.91 Å². The zero-order valence-electron chi connectivity index (χ0n) is 14.0. The van der Waals surface area contributed by atoms with E-state index in [0.717, 1.165) is 5.56 Å². The highest BCUT2D eigenvalue weighted by Crippen LogP contribution is 2.37. The summed E-state index contributed by atoms with van der Waals surface area (Å²) in [4.78, 5) is 27.2. The van der Waals surface area contributed by atoms with E-state index < -0.39 is 6.04 Å². The second kappa shape index (κ2) is 5.77. The van der Waals surface area contributed by atoms with Crippen molar-refractivity contribution < 1.29 is 13.9 Å². The van der Waals surface area contributed by atoms with Gasteiger partial charge in [-0.25, -0.2) is 0 Å². The van der Waals surface area contributed by atoms with Gasteiger partial charge in [-0.1, -0.05) is 24.3 Å². The summed E-state index contributed by atoms with van der Waals surface area (Å²) in [6.07, 6.45) is 0. The smallest absolute Gasteiger partial charge is 0.290 e. The minimum Gasteiger partial charge on any atom is -0.494 e. The Morgan fingerprint density at radius 2 is 1.92 bits per heavy atom. The molecular weight excluding hydrogens is 318 g/mol. The van der Waals surface area contributed by atoms with Crippen molar-refractivity contribution >= 4 is 16.9 Å². The molecule has 0 saturated heterocycles. The molecule has 1 aliphatic heterocycles. The SMILES string of the molecule is CCOc1cccc([C@@H]2c3c(oc4ccccc4c3=O)C(=O)N2C)c1. The Morgan fingerprint density at radius 1 is 1.12 bits per heavy atom. The lowest BCUT2D eigenvalue weighted by Gasteiger charge is -2.20. The number of amides is 1. The Kier molecular flexibility index (Phi) is 3.57. The first-order valence-corrected chi connectivity index (χ1v) is 8.17. The number of ether oxygens (including phenoxy) is 1. The van der Waals surface area contributed by atoms with Crippen LogP contribution < -0.4 is 10.2 Å². The number of fused-ring (bicyclic) bond motifs is 2. The van der Waals surface area contributed by atoms with Crippen LogP contribution in [0.4, 0.5) is 0 Å². The second-order valence-electron chi connectivity index (χ2n) is 5.99. The molecule has 126 valence electrons. The quantitative estimate of drug-likeness (QED) is 0.736. The maximum Gasteiger partial charge on any atom is 0.290 e. The van der Waals surface area contributed by atoms with Crippen LogP contribution in [0.2, 0.25) is 0 Å². The van der Waals surface area contributed by atoms with Crippen LogP contribution in [0.1, 0.15) is 34.6 Å². The summed E-state index contributed by atoms with van der Waals surface area (Å²) in [6, 6.07) is 14.0. The van der Waals surface area contributed by atoms with Crippen LogP contribution in [0.5, 0.6) is 5.75 Å². The summed E-state index contributed by atoms with van der Waals surface area (Å²) >= 11 is 0. The third kappa shape index (κ3) is 2.31. The number of hydrogen-bond donors (Lipinski definition) is 0. The van der Waals surface area contributed by atoms with Gasteiger partial charge in [-0.15, -0.1) is 0 Å². The van der Waals surface area contributed by atoms with Gasteiger partial charge < -0.3 is 14.1 Å². The Balaban J connectivity index is 1.95. The number of hydrogen-bond acceptors (Lipinski definition) is 4. The molecule has 5 nitrogen and oxygen atoms in total. The lowest BCUT2D eigenvalue weighted by atomic mass is 9.98. The number of benzene rings is 2. The fourth-order valence-electron chi connectivity index (χ4n) is 3.37. The summed E-state index contributed by atoms with van der Waals surface area (Å²) in [5.74, 6) is 0.544. The van der Waals surface area contributed by atoms with Crippen molar-refractivity contribution in [2.75, 3.05) is 13.7 Å². The lowest BCUT2D eigenvalue weighted by Crippen LogP contribution is -2.25. The molecule has 0 N–H and O–H groups in total. The molecule has 0 aliphatic carbocycles. The van der Waals surface area contributed by atoms with E-state index in [-0.39, 0.29) is 17.1 Å². The second-order valence-corrected chi connectivity index (χ2v) is 5.99. The molecule has 3 aromatic rings. The van der Waals surface area contributed by atoms with E-state index >= 15 is 0 Å². The highest BCUT2D eigenvalue weighted by molar-refractivity contribution is 5.98. The maximum absolute atomic E-state index is 13.0. The molecule has 0 fully saturated rings. The van der Waals surface area contributed by atoms with Gasteiger partial charge in [0.1, 0.15) is 11.3 Å². The average molecular weight is 335 g/mol. The minimum absolute atomic E-state index is 0.123. The van der Waals surface area contributed by atoms with E-state index in [2.05, 4.69) is 0 Å². The Bertz CT molecular complexity index is 1040. The lowest BCUT2D eigenvalue weighted by molar-refractivity contribution is 0.0771. The van der Waals surface area contributed by atoms with Gasteiger partial charge in [0, 0.05) is 7.05 Å². The van der Waals surface area contributed by atoms with E-state index in [4.69, 9.17) is 9.15 Å². The molecule has 1 aromatic heterocycles. The van der Waals surface area contributed by atoms with Crippen LogP contribution in [0.3, 0.4) is 0 Å². The largest absolute Gasteiger partial charge is 0.494 e. The van der Waals surface area contributed by atoms with Crippen LogP contribution in [-0.2, 0) is 0 Å². The first kappa shape index (κ1) is 15.4. The standard InChI is InChI=1S/C20H17NO4/c1-3-24-13-8-6-7-12(11-13)17-16-18(22)14-9-4-5-10-15(14)25-19(16)20(23)21(17)2/h4-11,17H,3H2,1-2H3/t17-/m1/s1. The summed E-state index contributed by atoms with van der Waals surface area (Å²) in [6.45, 7) is 2.46. The van der Waals surface area contributed by atoms with Crippen molar-refractivity contribution in [3.63, 3.8) is 0 Å². The number of carbonyl (C=O) groups is 1. The maximum atomic E-state index is 13.0. The highest BCUT2D eigenvalue weighted by Gasteiger charge is 2.40. The van der Waals surface area contributed by atoms with Gasteiger partial charge in [0.05, 0.1) is 23.6 Å². The monoisotopic (exact) mass is 335 g/mol. The zero-order chi connectivity index (χ0) is 17.6. The topological polar surface area (TPSA) is 59.8 Å². The van der Waals surface area contributed by atoms with Crippen molar-refractivity contribution in [1.82, 2.24) is 4.90 Å². The highest BCUT2D eigenvalue weighted by atomic mass is 16.5. The number of carbonyl (C=O) groups excluding carboxylic acids is 1. The fraction of sp³-hybridized carbons (Fsp3) is 0.200. The van der Waals surface area contributed by atoms with E-state index in [1.807, 2.05) is 31.2 Å². The fourth-order valence-corrected chi connectivity index (χ4v) is 3.37. The Morgan fingerprint density at radius 3 is 2.72 bits per heavy atom. The van der Waals surface area contributed by atoms with Crippen molar-refractivity contribution in [3.05, 3.63) is 75.6 Å². The predicted molar refractivity (Wildman–Crippen MR) is 94.0 cm³/mol. The first-order valence-electron chi connectivity index (χ1n) is 8.17. The van der Waals surface area contributed by atoms with E-state index in [9.17, 15) is 9.59 Å². The van der Waals surface area contributed by atoms with E-state index in [0.29, 0.717) is 28.9 Å². The summed E-state index contributed by atoms with van der Waals surface area (Å²) < 4.78 is 11.3. The molecule has 1 atom stereocenters. The van der Waals surface area contributed by atoms with Crippen LogP contribution in [0.15, 0.2) is 57.7 Å². The Labute approximate surface area is 144 Å². The molecule has 4 rings (SSSR count). The molecule has 2 aromatic carbocycles. The number of para-hydroxylation sites is 1. The third-order valence-corrected chi connectivity index (χ3v) is 4.49. The molecule has 0 saturated carbocycles. The molecule has 1 amide bonds. The molecule has 1 aliphatic rings. The number of rotatable bonds is 3. The van der Waals surface area contributed by atoms with Gasteiger partial charge >= 0.3 is 0 Å². The first-order chi connectivity index (χ1) is 12.1. The zero-order valence-corrected chi connectivity index (χ0v) is 14.0. The van der Waals surface area contributed by atoms with Gasteiger partial charge in [-0.05, 0) is 36.8 Å². The molecule has 0 unspecified atom stereocenters. The van der Waals surface area contributed by atoms with Crippen molar-refractivity contribution in [2.45, 2.75) is 13.0 Å². The third-order valence-electron chi connectivity index (χ3n) is 4.49.